The molecule has 56 valence electrons. The van der Waals surface area contributed by atoms with Crippen LogP contribution in [0.15, 0.2) is 12.2 Å². The van der Waals surface area contributed by atoms with E-state index in [4.69, 9.17) is 9.47 Å². The molecular formula is C6H6F2O2. The van der Waals surface area contributed by atoms with Crippen LogP contribution in [0.5, 0.6) is 0 Å². The van der Waals surface area contributed by atoms with Crippen molar-refractivity contribution < 1.29 is 18.3 Å². The van der Waals surface area contributed by atoms with Gasteiger partial charge in [0.15, 0.2) is 12.4 Å². The molecule has 2 unspecified atom stereocenters. The molecule has 0 saturated carbocycles. The maximum absolute atomic E-state index is 12.6. The van der Waals surface area contributed by atoms with Gasteiger partial charge in [-0.25, -0.2) is 0 Å². The van der Waals surface area contributed by atoms with E-state index in [0.717, 1.165) is 6.08 Å². The van der Waals surface area contributed by atoms with E-state index in [-0.39, 0.29) is 6.61 Å². The van der Waals surface area contributed by atoms with Crippen molar-refractivity contribution in [1.82, 2.24) is 0 Å². The van der Waals surface area contributed by atoms with Crippen molar-refractivity contribution in [2.45, 2.75) is 18.3 Å². The highest BCUT2D eigenvalue weighted by Crippen LogP contribution is 2.33. The molecular weight excluding hydrogens is 142 g/mol. The van der Waals surface area contributed by atoms with Gasteiger partial charge in [0, 0.05) is 0 Å². The van der Waals surface area contributed by atoms with Crippen molar-refractivity contribution in [2.75, 3.05) is 6.61 Å². The predicted molar refractivity (Wildman–Crippen MR) is 28.7 cm³/mol. The van der Waals surface area contributed by atoms with Crippen LogP contribution in [0.2, 0.25) is 0 Å². The first kappa shape index (κ1) is 6.24. The van der Waals surface area contributed by atoms with Crippen molar-refractivity contribution >= 4 is 0 Å². The van der Waals surface area contributed by atoms with E-state index in [0.29, 0.717) is 0 Å². The molecule has 0 N–H and O–H groups in total. The Kier molecular flexibility index (Phi) is 1.10. The van der Waals surface area contributed by atoms with Gasteiger partial charge in [0.1, 0.15) is 0 Å². The Bertz CT molecular complexity index is 179. The van der Waals surface area contributed by atoms with Crippen molar-refractivity contribution in [2.24, 2.45) is 0 Å². The normalized spacial score (nSPS) is 42.2. The second-order valence-corrected chi connectivity index (χ2v) is 2.36. The molecule has 0 spiro atoms. The van der Waals surface area contributed by atoms with Crippen LogP contribution in [0, 0.1) is 0 Å². The Balaban J connectivity index is 2.27. The van der Waals surface area contributed by atoms with Gasteiger partial charge in [-0.15, -0.1) is 0 Å². The number of rotatable bonds is 0. The number of hydrogen-bond donors (Lipinski definition) is 0. The lowest BCUT2D eigenvalue weighted by Gasteiger charge is -2.21. The summed E-state index contributed by atoms with van der Waals surface area (Å²) in [6.07, 6.45) is 0.481. The lowest BCUT2D eigenvalue weighted by Crippen LogP contribution is -2.35. The van der Waals surface area contributed by atoms with Gasteiger partial charge < -0.3 is 9.47 Å². The van der Waals surface area contributed by atoms with Gasteiger partial charge >= 0.3 is 0 Å². The van der Waals surface area contributed by atoms with Gasteiger partial charge in [-0.2, -0.15) is 8.78 Å². The van der Waals surface area contributed by atoms with Crippen molar-refractivity contribution in [3.63, 3.8) is 0 Å². The zero-order chi connectivity index (χ0) is 7.19. The van der Waals surface area contributed by atoms with Gasteiger partial charge in [-0.1, -0.05) is 0 Å². The quantitative estimate of drug-likeness (QED) is 0.476. The minimum atomic E-state index is -2.84. The van der Waals surface area contributed by atoms with E-state index in [1.165, 1.54) is 6.08 Å². The number of halogens is 2. The third-order valence-electron chi connectivity index (χ3n) is 1.62. The summed E-state index contributed by atoms with van der Waals surface area (Å²) in [5.41, 5.74) is 0. The van der Waals surface area contributed by atoms with Gasteiger partial charge in [-0.3, -0.25) is 0 Å². The summed E-state index contributed by atoms with van der Waals surface area (Å²) in [7, 11) is 0. The number of alkyl halides is 2. The molecule has 0 aromatic carbocycles. The molecule has 2 nitrogen and oxygen atoms in total. The van der Waals surface area contributed by atoms with Crippen LogP contribution in [0.3, 0.4) is 0 Å². The van der Waals surface area contributed by atoms with E-state index >= 15 is 0 Å². The van der Waals surface area contributed by atoms with E-state index in [1.54, 1.807) is 0 Å². The largest absolute Gasteiger partial charge is 0.346 e. The molecule has 0 aromatic heterocycles. The van der Waals surface area contributed by atoms with Crippen LogP contribution in [0.4, 0.5) is 8.78 Å². The van der Waals surface area contributed by atoms with Gasteiger partial charge in [0.05, 0.1) is 6.61 Å². The molecule has 2 rings (SSSR count). The van der Waals surface area contributed by atoms with Gasteiger partial charge in [-0.05, 0) is 12.2 Å². The number of hydrogen-bond acceptors (Lipinski definition) is 2. The minimum absolute atomic E-state index is 0.00926. The molecule has 2 atom stereocenters. The van der Waals surface area contributed by atoms with Crippen molar-refractivity contribution in [3.05, 3.63) is 12.2 Å². The standard InChI is InChI=1S/C6H6F2O2/c7-6(8)2-1-5-9-3-4(6)10-5/h1-2,4-5H,3H2. The molecule has 0 aromatic rings. The average molecular weight is 148 g/mol. The second kappa shape index (κ2) is 1.77. The topological polar surface area (TPSA) is 18.5 Å². The van der Waals surface area contributed by atoms with Crippen LogP contribution in [-0.2, 0) is 9.47 Å². The van der Waals surface area contributed by atoms with Gasteiger partial charge in [0.2, 0.25) is 0 Å². The molecule has 1 fully saturated rings. The summed E-state index contributed by atoms with van der Waals surface area (Å²) < 4.78 is 34.8. The lowest BCUT2D eigenvalue weighted by atomic mass is 10.1. The molecule has 2 aliphatic rings. The minimum Gasteiger partial charge on any atom is -0.346 e. The summed E-state index contributed by atoms with van der Waals surface area (Å²) >= 11 is 0. The first-order valence-electron chi connectivity index (χ1n) is 3.03. The maximum Gasteiger partial charge on any atom is 0.294 e. The van der Waals surface area contributed by atoms with Crippen molar-refractivity contribution in [3.8, 4) is 0 Å². The fourth-order valence-corrected chi connectivity index (χ4v) is 1.04. The summed E-state index contributed by atoms with van der Waals surface area (Å²) in [6.45, 7) is -0.00926. The second-order valence-electron chi connectivity index (χ2n) is 2.36. The number of ether oxygens (including phenoxy) is 2. The fraction of sp³-hybridized carbons (Fsp3) is 0.667. The zero-order valence-electron chi connectivity index (χ0n) is 5.09. The van der Waals surface area contributed by atoms with Gasteiger partial charge in [0.25, 0.3) is 5.92 Å². The third kappa shape index (κ3) is 0.759. The Morgan fingerprint density at radius 1 is 1.50 bits per heavy atom. The molecule has 2 aliphatic heterocycles. The fourth-order valence-electron chi connectivity index (χ4n) is 1.04. The van der Waals surface area contributed by atoms with Crippen LogP contribution >= 0.6 is 0 Å². The molecule has 4 heteroatoms. The van der Waals surface area contributed by atoms with E-state index < -0.39 is 18.3 Å². The Hall–Kier alpha value is -0.480. The van der Waals surface area contributed by atoms with Crippen LogP contribution in [0.1, 0.15) is 0 Å². The van der Waals surface area contributed by atoms with E-state index in [9.17, 15) is 8.78 Å². The molecule has 10 heavy (non-hydrogen) atoms. The molecule has 2 bridgehead atoms. The monoisotopic (exact) mass is 148 g/mol. The SMILES string of the molecule is FC1(F)C=CC2OCC1O2. The summed E-state index contributed by atoms with van der Waals surface area (Å²) in [5, 5.41) is 0. The van der Waals surface area contributed by atoms with Crippen LogP contribution < -0.4 is 0 Å². The highest BCUT2D eigenvalue weighted by molar-refractivity contribution is 5.07. The predicted octanol–water partition coefficient (Wildman–Crippen LogP) is 0.933. The Labute approximate surface area is 56.4 Å². The smallest absolute Gasteiger partial charge is 0.294 e. The van der Waals surface area contributed by atoms with E-state index in [2.05, 4.69) is 0 Å². The summed E-state index contributed by atoms with van der Waals surface area (Å²) in [4.78, 5) is 0. The Morgan fingerprint density at radius 2 is 2.30 bits per heavy atom. The molecule has 0 radical (unpaired) electrons. The van der Waals surface area contributed by atoms with Crippen molar-refractivity contribution in [1.29, 1.82) is 0 Å². The highest BCUT2D eigenvalue weighted by atomic mass is 19.3. The first-order chi connectivity index (χ1) is 4.68. The van der Waals surface area contributed by atoms with Crippen LogP contribution in [-0.4, -0.2) is 24.9 Å². The Morgan fingerprint density at radius 3 is 3.00 bits per heavy atom. The lowest BCUT2D eigenvalue weighted by molar-refractivity contribution is -0.113. The number of fused-ring (bicyclic) bond motifs is 2. The molecule has 2 heterocycles. The summed E-state index contributed by atoms with van der Waals surface area (Å²) in [6, 6.07) is 0. The third-order valence-corrected chi connectivity index (χ3v) is 1.62. The van der Waals surface area contributed by atoms with Crippen LogP contribution in [0.25, 0.3) is 0 Å². The molecule has 0 aliphatic carbocycles. The summed E-state index contributed by atoms with van der Waals surface area (Å²) in [5.74, 6) is -2.84. The average Bonchev–Trinajstić information content (AvgIpc) is 2.26. The zero-order valence-corrected chi connectivity index (χ0v) is 5.09. The molecule has 0 amide bonds. The first-order valence-corrected chi connectivity index (χ1v) is 3.03. The molecule has 1 saturated heterocycles. The van der Waals surface area contributed by atoms with E-state index in [1.807, 2.05) is 0 Å². The maximum atomic E-state index is 12.6. The highest BCUT2D eigenvalue weighted by Gasteiger charge is 2.46.